The fourth-order valence-corrected chi connectivity index (χ4v) is 2.21. The van der Waals surface area contributed by atoms with E-state index in [2.05, 4.69) is 9.97 Å². The van der Waals surface area contributed by atoms with Gasteiger partial charge in [0.2, 0.25) is 0 Å². The molecule has 7 nitrogen and oxygen atoms in total. The van der Waals surface area contributed by atoms with E-state index in [0.29, 0.717) is 22.1 Å². The Morgan fingerprint density at radius 3 is 2.26 bits per heavy atom. The number of carboxylic acid groups (broad SMARTS) is 1. The molecular formula is C15H16ClN3O4. The molecule has 2 aromatic rings. The second-order valence-corrected chi connectivity index (χ2v) is 5.11. The van der Waals surface area contributed by atoms with Crippen LogP contribution in [0.2, 0.25) is 5.02 Å². The molecule has 0 aliphatic heterocycles. The molecule has 0 radical (unpaired) electrons. The zero-order valence-electron chi connectivity index (χ0n) is 12.2. The minimum absolute atomic E-state index is 0.136. The van der Waals surface area contributed by atoms with Gasteiger partial charge in [0, 0.05) is 23.7 Å². The lowest BCUT2D eigenvalue weighted by Crippen LogP contribution is -2.31. The number of rotatable bonds is 7. The van der Waals surface area contributed by atoms with Crippen LogP contribution in [0.4, 0.5) is 5.82 Å². The van der Waals surface area contributed by atoms with E-state index in [1.807, 2.05) is 0 Å². The molecule has 122 valence electrons. The fourth-order valence-electron chi connectivity index (χ4n) is 2.08. The molecule has 0 atom stereocenters. The Kier molecular flexibility index (Phi) is 5.86. The van der Waals surface area contributed by atoms with Gasteiger partial charge in [-0.05, 0) is 12.1 Å². The summed E-state index contributed by atoms with van der Waals surface area (Å²) in [7, 11) is 0. The van der Waals surface area contributed by atoms with E-state index in [0.717, 1.165) is 6.20 Å². The van der Waals surface area contributed by atoms with Gasteiger partial charge in [0.15, 0.2) is 11.5 Å². The summed E-state index contributed by atoms with van der Waals surface area (Å²) in [6.07, 6.45) is 1.15. The normalized spacial score (nSPS) is 10.6. The first-order chi connectivity index (χ1) is 11.1. The average Bonchev–Trinajstić information content (AvgIpc) is 2.55. The highest BCUT2D eigenvalue weighted by molar-refractivity contribution is 6.30. The van der Waals surface area contributed by atoms with Crippen molar-refractivity contribution < 1.29 is 20.1 Å². The summed E-state index contributed by atoms with van der Waals surface area (Å²) in [6.45, 7) is 0.204. The molecule has 0 fully saturated rings. The number of aliphatic hydroxyl groups excluding tert-OH is 2. The van der Waals surface area contributed by atoms with Crippen LogP contribution in [-0.4, -0.2) is 57.6 Å². The molecule has 2 rings (SSSR count). The largest absolute Gasteiger partial charge is 0.476 e. The lowest BCUT2D eigenvalue weighted by molar-refractivity contribution is 0.0690. The average molecular weight is 338 g/mol. The molecular weight excluding hydrogens is 322 g/mol. The predicted octanol–water partition coefficient (Wildman–Crippen LogP) is 1.29. The topological polar surface area (TPSA) is 107 Å². The van der Waals surface area contributed by atoms with Crippen molar-refractivity contribution in [3.05, 3.63) is 41.2 Å². The summed E-state index contributed by atoms with van der Waals surface area (Å²) in [5.41, 5.74) is 0.802. The van der Waals surface area contributed by atoms with E-state index in [-0.39, 0.29) is 32.0 Å². The van der Waals surface area contributed by atoms with Crippen LogP contribution in [0.15, 0.2) is 30.5 Å². The number of aromatic carboxylic acids is 1. The molecule has 23 heavy (non-hydrogen) atoms. The standard InChI is InChI=1S/C15H16ClN3O4/c16-11-3-1-10(2-4-11)13-14(19(5-7-20)6-8-21)17-9-12(18-13)15(22)23/h1-4,9,20-21H,5-8H2,(H,22,23). The number of aromatic nitrogens is 2. The highest BCUT2D eigenvalue weighted by Crippen LogP contribution is 2.28. The Labute approximate surface area is 137 Å². The summed E-state index contributed by atoms with van der Waals surface area (Å²) >= 11 is 5.88. The summed E-state index contributed by atoms with van der Waals surface area (Å²) in [5.74, 6) is -0.796. The third-order valence-electron chi connectivity index (χ3n) is 3.13. The van der Waals surface area contributed by atoms with Crippen molar-refractivity contribution in [3.63, 3.8) is 0 Å². The smallest absolute Gasteiger partial charge is 0.356 e. The summed E-state index contributed by atoms with van der Waals surface area (Å²) in [5, 5.41) is 28.0. The summed E-state index contributed by atoms with van der Waals surface area (Å²) in [4.78, 5) is 21.1. The number of anilines is 1. The van der Waals surface area contributed by atoms with Gasteiger partial charge in [-0.1, -0.05) is 23.7 Å². The van der Waals surface area contributed by atoms with Crippen LogP contribution < -0.4 is 4.90 Å². The van der Waals surface area contributed by atoms with E-state index >= 15 is 0 Å². The lowest BCUT2D eigenvalue weighted by atomic mass is 10.1. The van der Waals surface area contributed by atoms with E-state index in [4.69, 9.17) is 16.7 Å². The molecule has 8 heteroatoms. The van der Waals surface area contributed by atoms with Crippen LogP contribution in [0.1, 0.15) is 10.5 Å². The number of nitrogens with zero attached hydrogens (tertiary/aromatic N) is 3. The number of hydrogen-bond acceptors (Lipinski definition) is 6. The SMILES string of the molecule is O=C(O)c1cnc(N(CCO)CCO)c(-c2ccc(Cl)cc2)n1. The zero-order valence-corrected chi connectivity index (χ0v) is 12.9. The number of hydrogen-bond donors (Lipinski definition) is 3. The van der Waals surface area contributed by atoms with Gasteiger partial charge in [-0.15, -0.1) is 0 Å². The third-order valence-corrected chi connectivity index (χ3v) is 3.38. The molecule has 3 N–H and O–H groups in total. The zero-order chi connectivity index (χ0) is 16.8. The first-order valence-corrected chi connectivity index (χ1v) is 7.27. The maximum Gasteiger partial charge on any atom is 0.356 e. The van der Waals surface area contributed by atoms with Crippen LogP contribution in [0, 0.1) is 0 Å². The summed E-state index contributed by atoms with van der Waals surface area (Å²) < 4.78 is 0. The van der Waals surface area contributed by atoms with Crippen molar-refractivity contribution in [1.29, 1.82) is 0 Å². The highest BCUT2D eigenvalue weighted by Gasteiger charge is 2.18. The van der Waals surface area contributed by atoms with Crippen LogP contribution in [0.5, 0.6) is 0 Å². The van der Waals surface area contributed by atoms with Crippen molar-refractivity contribution in [1.82, 2.24) is 9.97 Å². The van der Waals surface area contributed by atoms with Gasteiger partial charge in [-0.2, -0.15) is 0 Å². The van der Waals surface area contributed by atoms with Gasteiger partial charge in [0.05, 0.1) is 19.4 Å². The Morgan fingerprint density at radius 2 is 1.74 bits per heavy atom. The molecule has 1 heterocycles. The number of aliphatic hydroxyl groups is 2. The minimum Gasteiger partial charge on any atom is -0.476 e. The molecule has 1 aromatic heterocycles. The molecule has 1 aromatic carbocycles. The quantitative estimate of drug-likeness (QED) is 0.698. The van der Waals surface area contributed by atoms with Crippen molar-refractivity contribution in [2.45, 2.75) is 0 Å². The number of halogens is 1. The minimum atomic E-state index is -1.19. The fraction of sp³-hybridized carbons (Fsp3) is 0.267. The van der Waals surface area contributed by atoms with E-state index in [1.54, 1.807) is 29.2 Å². The number of carbonyl (C=O) groups is 1. The maximum atomic E-state index is 11.2. The van der Waals surface area contributed by atoms with E-state index in [9.17, 15) is 15.0 Å². The van der Waals surface area contributed by atoms with Gasteiger partial charge in [0.25, 0.3) is 0 Å². The molecule has 0 saturated carbocycles. The maximum absolute atomic E-state index is 11.2. The molecule has 0 aliphatic carbocycles. The highest BCUT2D eigenvalue weighted by atomic mass is 35.5. The van der Waals surface area contributed by atoms with Crippen LogP contribution in [0.25, 0.3) is 11.3 Å². The van der Waals surface area contributed by atoms with Crippen molar-refractivity contribution in [2.24, 2.45) is 0 Å². The summed E-state index contributed by atoms with van der Waals surface area (Å²) in [6, 6.07) is 6.74. The molecule has 0 bridgehead atoms. The van der Waals surface area contributed by atoms with Gasteiger partial charge in [-0.3, -0.25) is 0 Å². The van der Waals surface area contributed by atoms with Crippen molar-refractivity contribution in [3.8, 4) is 11.3 Å². The monoisotopic (exact) mass is 337 g/mol. The first-order valence-electron chi connectivity index (χ1n) is 6.89. The second-order valence-electron chi connectivity index (χ2n) is 4.67. The Bertz CT molecular complexity index is 673. The lowest BCUT2D eigenvalue weighted by Gasteiger charge is -2.24. The van der Waals surface area contributed by atoms with E-state index in [1.165, 1.54) is 0 Å². The third kappa shape index (κ3) is 4.16. The van der Waals surface area contributed by atoms with E-state index < -0.39 is 5.97 Å². The number of benzene rings is 1. The van der Waals surface area contributed by atoms with Crippen LogP contribution >= 0.6 is 11.6 Å². The Morgan fingerprint density at radius 1 is 1.13 bits per heavy atom. The van der Waals surface area contributed by atoms with Crippen molar-refractivity contribution in [2.75, 3.05) is 31.2 Å². The molecule has 0 saturated heterocycles. The van der Waals surface area contributed by atoms with Gasteiger partial charge >= 0.3 is 5.97 Å². The van der Waals surface area contributed by atoms with Crippen LogP contribution in [-0.2, 0) is 0 Å². The molecule has 0 aliphatic rings. The Hall–Kier alpha value is -2.22. The van der Waals surface area contributed by atoms with Crippen LogP contribution in [0.3, 0.4) is 0 Å². The molecule has 0 amide bonds. The predicted molar refractivity (Wildman–Crippen MR) is 85.8 cm³/mol. The van der Waals surface area contributed by atoms with Gasteiger partial charge in [-0.25, -0.2) is 14.8 Å². The first kappa shape index (κ1) is 17.1. The second kappa shape index (κ2) is 7.87. The number of carboxylic acids is 1. The molecule has 0 spiro atoms. The van der Waals surface area contributed by atoms with Gasteiger partial charge < -0.3 is 20.2 Å². The van der Waals surface area contributed by atoms with Crippen molar-refractivity contribution >= 4 is 23.4 Å². The van der Waals surface area contributed by atoms with Gasteiger partial charge in [0.1, 0.15) is 5.69 Å². The Balaban J connectivity index is 2.56. The molecule has 0 unspecified atom stereocenters.